The van der Waals surface area contributed by atoms with Crippen molar-refractivity contribution < 1.29 is 19.1 Å². The summed E-state index contributed by atoms with van der Waals surface area (Å²) in [6.45, 7) is 2.23. The number of ether oxygens (including phenoxy) is 1. The number of benzene rings is 2. The summed E-state index contributed by atoms with van der Waals surface area (Å²) in [4.78, 5) is 36.6. The maximum atomic E-state index is 12.6. The highest BCUT2D eigenvalue weighted by Crippen LogP contribution is 2.18. The van der Waals surface area contributed by atoms with Gasteiger partial charge >= 0.3 is 5.97 Å². The van der Waals surface area contributed by atoms with Crippen molar-refractivity contribution in [1.29, 1.82) is 0 Å². The first-order chi connectivity index (χ1) is 16.0. The number of hydrogen-bond donors (Lipinski definition) is 2. The molecule has 33 heavy (non-hydrogen) atoms. The Balaban J connectivity index is 1.74. The van der Waals surface area contributed by atoms with Crippen molar-refractivity contribution in [1.82, 2.24) is 0 Å². The van der Waals surface area contributed by atoms with Gasteiger partial charge in [0.15, 0.2) is 0 Å². The van der Waals surface area contributed by atoms with Gasteiger partial charge < -0.3 is 15.4 Å². The van der Waals surface area contributed by atoms with Crippen molar-refractivity contribution in [2.24, 2.45) is 0 Å². The molecule has 2 rings (SSSR count). The van der Waals surface area contributed by atoms with Gasteiger partial charge in [-0.25, -0.2) is 4.79 Å². The zero-order valence-electron chi connectivity index (χ0n) is 19.8. The van der Waals surface area contributed by atoms with Crippen LogP contribution in [-0.2, 0) is 9.53 Å². The van der Waals surface area contributed by atoms with Gasteiger partial charge in [0.1, 0.15) is 0 Å². The minimum atomic E-state index is -0.518. The largest absolute Gasteiger partial charge is 0.465 e. The fourth-order valence-electron chi connectivity index (χ4n) is 3.60. The maximum absolute atomic E-state index is 12.6. The predicted molar refractivity (Wildman–Crippen MR) is 133 cm³/mol. The second kappa shape index (κ2) is 14.8. The van der Waals surface area contributed by atoms with E-state index in [9.17, 15) is 14.4 Å². The Kier molecular flexibility index (Phi) is 11.7. The van der Waals surface area contributed by atoms with Gasteiger partial charge in [0.25, 0.3) is 5.91 Å². The van der Waals surface area contributed by atoms with E-state index in [2.05, 4.69) is 17.6 Å². The highest BCUT2D eigenvalue weighted by Gasteiger charge is 2.14. The van der Waals surface area contributed by atoms with Gasteiger partial charge in [0.05, 0.1) is 18.4 Å². The number of para-hydroxylation sites is 1. The molecule has 0 unspecified atom stereocenters. The number of hydrogen-bond acceptors (Lipinski definition) is 4. The van der Waals surface area contributed by atoms with Crippen LogP contribution < -0.4 is 10.6 Å². The van der Waals surface area contributed by atoms with Crippen LogP contribution in [0.25, 0.3) is 0 Å². The van der Waals surface area contributed by atoms with E-state index in [1.165, 1.54) is 52.1 Å². The molecule has 178 valence electrons. The summed E-state index contributed by atoms with van der Waals surface area (Å²) in [5.41, 5.74) is 1.75. The fourth-order valence-corrected chi connectivity index (χ4v) is 3.60. The molecule has 2 aromatic carbocycles. The first-order valence-corrected chi connectivity index (χ1v) is 11.9. The Hall–Kier alpha value is -3.15. The monoisotopic (exact) mass is 452 g/mol. The topological polar surface area (TPSA) is 84.5 Å². The molecule has 0 saturated carbocycles. The third-order valence-corrected chi connectivity index (χ3v) is 5.52. The minimum absolute atomic E-state index is 0.0119. The van der Waals surface area contributed by atoms with Crippen molar-refractivity contribution >= 4 is 29.2 Å². The molecule has 0 bridgehead atoms. The highest BCUT2D eigenvalue weighted by molar-refractivity contribution is 6.08. The van der Waals surface area contributed by atoms with E-state index in [-0.39, 0.29) is 17.4 Å². The van der Waals surface area contributed by atoms with E-state index in [1.54, 1.807) is 48.5 Å². The minimum Gasteiger partial charge on any atom is -0.465 e. The Labute approximate surface area is 197 Å². The second-order valence-corrected chi connectivity index (χ2v) is 8.20. The van der Waals surface area contributed by atoms with E-state index < -0.39 is 5.97 Å². The van der Waals surface area contributed by atoms with E-state index in [0.717, 1.165) is 12.8 Å². The van der Waals surface area contributed by atoms with Crippen molar-refractivity contribution in [3.63, 3.8) is 0 Å². The summed E-state index contributed by atoms with van der Waals surface area (Å²) in [6.07, 6.45) is 11.4. The van der Waals surface area contributed by atoms with Crippen molar-refractivity contribution in [3.8, 4) is 0 Å². The number of rotatable bonds is 14. The maximum Gasteiger partial charge on any atom is 0.339 e. The average Bonchev–Trinajstić information content (AvgIpc) is 2.83. The summed E-state index contributed by atoms with van der Waals surface area (Å²) in [6, 6.07) is 13.4. The summed E-state index contributed by atoms with van der Waals surface area (Å²) < 4.78 is 4.75. The van der Waals surface area contributed by atoms with Crippen LogP contribution in [0.5, 0.6) is 0 Å². The number of carbonyl (C=O) groups is 3. The third kappa shape index (κ3) is 9.48. The predicted octanol–water partition coefficient (Wildman–Crippen LogP) is 6.58. The molecule has 6 heteroatoms. The molecule has 0 aromatic heterocycles. The molecule has 0 aliphatic heterocycles. The number of anilines is 2. The van der Waals surface area contributed by atoms with Crippen molar-refractivity contribution in [2.75, 3.05) is 17.7 Å². The summed E-state index contributed by atoms with van der Waals surface area (Å²) in [5, 5.41) is 5.62. The third-order valence-electron chi connectivity index (χ3n) is 5.52. The summed E-state index contributed by atoms with van der Waals surface area (Å²) in [5.74, 6) is -0.878. The molecule has 0 aliphatic carbocycles. The van der Waals surface area contributed by atoms with Gasteiger partial charge in [-0.2, -0.15) is 0 Å². The molecule has 0 saturated heterocycles. The smallest absolute Gasteiger partial charge is 0.339 e. The van der Waals surface area contributed by atoms with Crippen LogP contribution in [0.3, 0.4) is 0 Å². The van der Waals surface area contributed by atoms with Gasteiger partial charge in [-0.05, 0) is 42.8 Å². The lowest BCUT2D eigenvalue weighted by molar-refractivity contribution is -0.116. The van der Waals surface area contributed by atoms with Crippen LogP contribution in [0.15, 0.2) is 48.5 Å². The van der Waals surface area contributed by atoms with Gasteiger partial charge in [-0.3, -0.25) is 9.59 Å². The van der Waals surface area contributed by atoms with Crippen LogP contribution in [0, 0.1) is 0 Å². The van der Waals surface area contributed by atoms with Crippen LogP contribution in [-0.4, -0.2) is 24.9 Å². The first kappa shape index (κ1) is 26.1. The van der Waals surface area contributed by atoms with Crippen molar-refractivity contribution in [3.05, 3.63) is 59.7 Å². The molecule has 0 radical (unpaired) electrons. The molecule has 0 spiro atoms. The quantitative estimate of drug-likeness (QED) is 0.250. The first-order valence-electron chi connectivity index (χ1n) is 11.9. The van der Waals surface area contributed by atoms with Gasteiger partial charge in [0, 0.05) is 17.7 Å². The lowest BCUT2D eigenvalue weighted by Crippen LogP contribution is -2.15. The SMILES string of the molecule is CCCCCCCCCCCC(=O)Nc1ccc(C(=O)Nc2ccccc2C(=O)OC)cc1. The lowest BCUT2D eigenvalue weighted by atomic mass is 10.1. The molecular formula is C27H36N2O4. The Morgan fingerprint density at radius 1 is 0.758 bits per heavy atom. The highest BCUT2D eigenvalue weighted by atomic mass is 16.5. The summed E-state index contributed by atoms with van der Waals surface area (Å²) in [7, 11) is 1.30. The number of esters is 1. The molecule has 0 fully saturated rings. The van der Waals surface area contributed by atoms with Gasteiger partial charge in [-0.1, -0.05) is 70.4 Å². The van der Waals surface area contributed by atoms with E-state index in [1.807, 2.05) is 0 Å². The number of methoxy groups -OCH3 is 1. The van der Waals surface area contributed by atoms with Crippen LogP contribution in [0.1, 0.15) is 91.8 Å². The summed E-state index contributed by atoms with van der Waals surface area (Å²) >= 11 is 0. The van der Waals surface area contributed by atoms with E-state index >= 15 is 0 Å². The number of unbranched alkanes of at least 4 members (excludes halogenated alkanes) is 8. The van der Waals surface area contributed by atoms with Crippen LogP contribution in [0.4, 0.5) is 11.4 Å². The molecule has 2 amide bonds. The number of nitrogens with one attached hydrogen (secondary N) is 2. The molecular weight excluding hydrogens is 416 g/mol. The molecule has 2 N–H and O–H groups in total. The standard InChI is InChI=1S/C27H36N2O4/c1-3-4-5-6-7-8-9-10-11-16-25(30)28-22-19-17-21(18-20-22)26(31)29-24-15-13-12-14-23(24)27(32)33-2/h12-15,17-20H,3-11,16H2,1-2H3,(H,28,30)(H,29,31). The Morgan fingerprint density at radius 2 is 1.36 bits per heavy atom. The van der Waals surface area contributed by atoms with E-state index in [0.29, 0.717) is 23.4 Å². The van der Waals surface area contributed by atoms with E-state index in [4.69, 9.17) is 4.74 Å². The van der Waals surface area contributed by atoms with Gasteiger partial charge in [0.2, 0.25) is 5.91 Å². The molecule has 2 aromatic rings. The second-order valence-electron chi connectivity index (χ2n) is 8.20. The lowest BCUT2D eigenvalue weighted by Gasteiger charge is -2.10. The number of carbonyl (C=O) groups excluding carboxylic acids is 3. The van der Waals surface area contributed by atoms with Crippen molar-refractivity contribution in [2.45, 2.75) is 71.1 Å². The molecule has 6 nitrogen and oxygen atoms in total. The fraction of sp³-hybridized carbons (Fsp3) is 0.444. The van der Waals surface area contributed by atoms with Gasteiger partial charge in [-0.15, -0.1) is 0 Å². The Morgan fingerprint density at radius 3 is 2.00 bits per heavy atom. The average molecular weight is 453 g/mol. The zero-order chi connectivity index (χ0) is 23.9. The molecule has 0 aliphatic rings. The number of amides is 2. The molecule has 0 atom stereocenters. The zero-order valence-corrected chi connectivity index (χ0v) is 19.8. The van der Waals surface area contributed by atoms with Crippen LogP contribution in [0.2, 0.25) is 0 Å². The Bertz CT molecular complexity index is 893. The molecule has 0 heterocycles. The normalized spacial score (nSPS) is 10.5. The van der Waals surface area contributed by atoms with Crippen LogP contribution >= 0.6 is 0 Å².